The molecule has 4 aliphatic carbocycles. The predicted molar refractivity (Wildman–Crippen MR) is 187 cm³/mol. The summed E-state index contributed by atoms with van der Waals surface area (Å²) in [5, 5.41) is 1.91. The number of nitrogens with zero attached hydrogens (tertiary/aromatic N) is 2. The Bertz CT molecular complexity index is 1760. The molecule has 240 valence electrons. The standard InChI is InChI=1S/C40H48N4O2/c1-26(2)9-8-10-27(3)15-16-43(39(45)34-24-41-36-13-6-4-11-32(34)36)17-18-44(38-30-20-28-19-29(22-30)23-31(38)21-28)40(46)35-25-42-37-14-7-5-12-33(35)37/h4-7,9,11-15,24-25,28-31,38,41-42H,8,10,16-23H2,1-3H3/b27-15+. The van der Waals surface area contributed by atoms with Crippen molar-refractivity contribution in [1.29, 1.82) is 0 Å². The maximum atomic E-state index is 14.6. The molecular weight excluding hydrogens is 568 g/mol. The van der Waals surface area contributed by atoms with Crippen LogP contribution in [0.4, 0.5) is 0 Å². The van der Waals surface area contributed by atoms with E-state index in [-0.39, 0.29) is 17.9 Å². The van der Waals surface area contributed by atoms with Crippen LogP contribution in [-0.4, -0.2) is 57.3 Å². The third kappa shape index (κ3) is 6.06. The lowest BCUT2D eigenvalue weighted by Crippen LogP contribution is -2.58. The second kappa shape index (κ2) is 13.0. The number of fused-ring (bicyclic) bond motifs is 2. The minimum absolute atomic E-state index is 0.00961. The van der Waals surface area contributed by atoms with Crippen molar-refractivity contribution < 1.29 is 9.59 Å². The molecule has 4 bridgehead atoms. The lowest BCUT2D eigenvalue weighted by atomic mass is 9.54. The lowest BCUT2D eigenvalue weighted by Gasteiger charge is -2.57. The summed E-state index contributed by atoms with van der Waals surface area (Å²) in [6, 6.07) is 16.3. The second-order valence-electron chi connectivity index (χ2n) is 14.5. The Morgan fingerprint density at radius 1 is 0.739 bits per heavy atom. The summed E-state index contributed by atoms with van der Waals surface area (Å²) >= 11 is 0. The molecule has 2 N–H and O–H groups in total. The Labute approximate surface area is 272 Å². The van der Waals surface area contributed by atoms with E-state index >= 15 is 0 Å². The summed E-state index contributed by atoms with van der Waals surface area (Å²) in [5.74, 6) is 2.87. The van der Waals surface area contributed by atoms with Gasteiger partial charge in [-0.15, -0.1) is 0 Å². The Morgan fingerprint density at radius 2 is 1.30 bits per heavy atom. The fourth-order valence-corrected chi connectivity index (χ4v) is 9.07. The quantitative estimate of drug-likeness (QED) is 0.165. The lowest BCUT2D eigenvalue weighted by molar-refractivity contribution is -0.0564. The van der Waals surface area contributed by atoms with Crippen molar-refractivity contribution >= 4 is 33.6 Å². The second-order valence-corrected chi connectivity index (χ2v) is 14.5. The highest BCUT2D eigenvalue weighted by molar-refractivity contribution is 6.08. The third-order valence-corrected chi connectivity index (χ3v) is 11.1. The van der Waals surface area contributed by atoms with Gasteiger partial charge in [-0.05, 0) is 102 Å². The Hall–Kier alpha value is -4.06. The molecule has 0 atom stereocenters. The van der Waals surface area contributed by atoms with Crippen molar-refractivity contribution in [3.05, 3.63) is 95.3 Å². The van der Waals surface area contributed by atoms with Gasteiger partial charge >= 0.3 is 0 Å². The highest BCUT2D eigenvalue weighted by atomic mass is 16.2. The van der Waals surface area contributed by atoms with Gasteiger partial charge in [0.2, 0.25) is 0 Å². The number of H-pyrrole nitrogens is 2. The van der Waals surface area contributed by atoms with Crippen molar-refractivity contribution in [2.24, 2.45) is 23.7 Å². The van der Waals surface area contributed by atoms with Crippen molar-refractivity contribution in [2.45, 2.75) is 71.8 Å². The number of aromatic amines is 2. The topological polar surface area (TPSA) is 72.2 Å². The first-order valence-corrected chi connectivity index (χ1v) is 17.4. The molecular formula is C40H48N4O2. The summed E-state index contributed by atoms with van der Waals surface area (Å²) in [4.78, 5) is 39.7. The molecule has 0 radical (unpaired) electrons. The number of nitrogens with one attached hydrogen (secondary N) is 2. The van der Waals surface area contributed by atoms with Gasteiger partial charge in [0.1, 0.15) is 0 Å². The monoisotopic (exact) mass is 616 g/mol. The number of allylic oxidation sites excluding steroid dienone is 3. The van der Waals surface area contributed by atoms with Gasteiger partial charge in [-0.2, -0.15) is 0 Å². The number of hydrogen-bond donors (Lipinski definition) is 2. The molecule has 4 aromatic rings. The molecule has 2 amide bonds. The molecule has 2 aromatic heterocycles. The van der Waals surface area contributed by atoms with Gasteiger partial charge in [-0.3, -0.25) is 9.59 Å². The van der Waals surface area contributed by atoms with Crippen LogP contribution in [0.2, 0.25) is 0 Å². The maximum Gasteiger partial charge on any atom is 0.256 e. The van der Waals surface area contributed by atoms with Crippen LogP contribution in [0.5, 0.6) is 0 Å². The van der Waals surface area contributed by atoms with Gasteiger partial charge < -0.3 is 19.8 Å². The first kappa shape index (κ1) is 30.6. The summed E-state index contributed by atoms with van der Waals surface area (Å²) in [6.07, 6.45) is 16.5. The number of amides is 2. The van der Waals surface area contributed by atoms with E-state index in [9.17, 15) is 9.59 Å². The summed E-state index contributed by atoms with van der Waals surface area (Å²) in [5.41, 5.74) is 5.99. The van der Waals surface area contributed by atoms with E-state index in [4.69, 9.17) is 0 Å². The zero-order chi connectivity index (χ0) is 31.8. The Balaban J connectivity index is 1.19. The van der Waals surface area contributed by atoms with Crippen molar-refractivity contribution in [3.8, 4) is 0 Å². The molecule has 0 aliphatic heterocycles. The molecule has 6 nitrogen and oxygen atoms in total. The van der Waals surface area contributed by atoms with Gasteiger partial charge in [0.05, 0.1) is 11.1 Å². The molecule has 46 heavy (non-hydrogen) atoms. The zero-order valence-corrected chi connectivity index (χ0v) is 27.6. The largest absolute Gasteiger partial charge is 0.360 e. The average Bonchev–Trinajstić information content (AvgIpc) is 3.67. The molecule has 0 unspecified atom stereocenters. The number of rotatable bonds is 11. The number of aromatic nitrogens is 2. The van der Waals surface area contributed by atoms with Crippen LogP contribution in [-0.2, 0) is 0 Å². The minimum Gasteiger partial charge on any atom is -0.360 e. The SMILES string of the molecule is CC(C)=CCC/C(C)=C/CN(CCN(C(=O)c1c[nH]c2ccccc12)C1C2CC3CC(C2)CC1C3)C(=O)c1c[nH]c2ccccc12. The van der Waals surface area contributed by atoms with Crippen molar-refractivity contribution in [3.63, 3.8) is 0 Å². The molecule has 4 saturated carbocycles. The smallest absolute Gasteiger partial charge is 0.256 e. The predicted octanol–water partition coefficient (Wildman–Crippen LogP) is 8.75. The normalized spacial score (nSPS) is 23.6. The van der Waals surface area contributed by atoms with E-state index in [0.717, 1.165) is 52.0 Å². The molecule has 0 saturated heterocycles. The highest BCUT2D eigenvalue weighted by Crippen LogP contribution is 2.55. The van der Waals surface area contributed by atoms with Crippen LogP contribution in [0.25, 0.3) is 21.8 Å². The maximum absolute atomic E-state index is 14.6. The number of hydrogen-bond acceptors (Lipinski definition) is 2. The molecule has 2 aromatic carbocycles. The Kier molecular flexibility index (Phi) is 8.63. The van der Waals surface area contributed by atoms with Crippen LogP contribution in [0.1, 0.15) is 86.4 Å². The van der Waals surface area contributed by atoms with Gasteiger partial charge in [0.25, 0.3) is 11.8 Å². The number of para-hydroxylation sites is 2. The molecule has 6 heteroatoms. The van der Waals surface area contributed by atoms with E-state index in [1.54, 1.807) is 0 Å². The van der Waals surface area contributed by atoms with Gasteiger partial charge in [-0.1, -0.05) is 59.7 Å². The fourth-order valence-electron chi connectivity index (χ4n) is 9.07. The first-order valence-electron chi connectivity index (χ1n) is 17.4. The summed E-state index contributed by atoms with van der Waals surface area (Å²) in [6.45, 7) is 7.97. The van der Waals surface area contributed by atoms with E-state index in [1.807, 2.05) is 65.8 Å². The third-order valence-electron chi connectivity index (χ3n) is 11.1. The van der Waals surface area contributed by atoms with Gasteiger partial charge in [-0.25, -0.2) is 0 Å². The fraction of sp³-hybridized carbons (Fsp3) is 0.450. The van der Waals surface area contributed by atoms with E-state index < -0.39 is 0 Å². The van der Waals surface area contributed by atoms with Gasteiger partial charge in [0, 0.05) is 59.9 Å². The number of carbonyl (C=O) groups excluding carboxylic acids is 2. The Morgan fingerprint density at radius 3 is 1.89 bits per heavy atom. The first-order chi connectivity index (χ1) is 22.4. The van der Waals surface area contributed by atoms with Crippen LogP contribution in [0, 0.1) is 23.7 Å². The molecule has 4 fully saturated rings. The van der Waals surface area contributed by atoms with Crippen LogP contribution < -0.4 is 0 Å². The summed E-state index contributed by atoms with van der Waals surface area (Å²) in [7, 11) is 0. The molecule has 2 heterocycles. The van der Waals surface area contributed by atoms with E-state index in [0.29, 0.717) is 37.0 Å². The highest BCUT2D eigenvalue weighted by Gasteiger charge is 2.51. The van der Waals surface area contributed by atoms with Gasteiger partial charge in [0.15, 0.2) is 0 Å². The van der Waals surface area contributed by atoms with Crippen LogP contribution >= 0.6 is 0 Å². The number of carbonyl (C=O) groups is 2. The molecule has 0 spiro atoms. The van der Waals surface area contributed by atoms with Crippen molar-refractivity contribution in [1.82, 2.24) is 19.8 Å². The summed E-state index contributed by atoms with van der Waals surface area (Å²) < 4.78 is 0. The van der Waals surface area contributed by atoms with Crippen LogP contribution in [0.15, 0.2) is 84.2 Å². The molecule has 8 rings (SSSR count). The minimum atomic E-state index is 0.00961. The van der Waals surface area contributed by atoms with E-state index in [1.165, 1.54) is 43.3 Å². The van der Waals surface area contributed by atoms with Crippen LogP contribution in [0.3, 0.4) is 0 Å². The average molecular weight is 617 g/mol. The molecule has 4 aliphatic rings. The van der Waals surface area contributed by atoms with E-state index in [2.05, 4.69) is 47.8 Å². The van der Waals surface area contributed by atoms with Crippen molar-refractivity contribution in [2.75, 3.05) is 19.6 Å². The number of benzene rings is 2. The zero-order valence-electron chi connectivity index (χ0n) is 27.6.